The molecule has 7 heteroatoms. The number of nitrogens with one attached hydrogen (secondary N) is 2. The van der Waals surface area contributed by atoms with Gasteiger partial charge in [-0.3, -0.25) is 9.82 Å². The molecule has 2 aromatic carbocycles. The summed E-state index contributed by atoms with van der Waals surface area (Å²) in [5, 5.41) is 8.34. The molecule has 3 rings (SSSR count). The standard InChI is InChI=1S/C14H12ClN3O2S/c1-9-13-8-11(4-7-14(13)17-16-9)18-21(19,20)12-5-2-10(15)3-6-12/h2-8,18H,1H3,(H,16,17). The van der Waals surface area contributed by atoms with Crippen molar-refractivity contribution in [1.82, 2.24) is 10.2 Å². The van der Waals surface area contributed by atoms with Crippen molar-refractivity contribution in [1.29, 1.82) is 0 Å². The highest BCUT2D eigenvalue weighted by Gasteiger charge is 2.14. The molecular weight excluding hydrogens is 310 g/mol. The van der Waals surface area contributed by atoms with E-state index in [1.807, 2.05) is 6.92 Å². The summed E-state index contributed by atoms with van der Waals surface area (Å²) in [5.41, 5.74) is 2.17. The summed E-state index contributed by atoms with van der Waals surface area (Å²) in [4.78, 5) is 0.163. The highest BCUT2D eigenvalue weighted by Crippen LogP contribution is 2.23. The van der Waals surface area contributed by atoms with Gasteiger partial charge in [-0.05, 0) is 49.4 Å². The minimum atomic E-state index is -3.63. The van der Waals surface area contributed by atoms with Gasteiger partial charge in [0, 0.05) is 21.8 Å². The molecule has 108 valence electrons. The number of halogens is 1. The molecule has 0 amide bonds. The van der Waals surface area contributed by atoms with E-state index in [0.29, 0.717) is 10.7 Å². The van der Waals surface area contributed by atoms with E-state index in [9.17, 15) is 8.42 Å². The molecule has 0 saturated carbocycles. The van der Waals surface area contributed by atoms with Crippen LogP contribution in [-0.2, 0) is 10.0 Å². The minimum Gasteiger partial charge on any atom is -0.282 e. The Hall–Kier alpha value is -2.05. The Morgan fingerprint density at radius 2 is 1.86 bits per heavy atom. The van der Waals surface area contributed by atoms with Gasteiger partial charge in [-0.15, -0.1) is 0 Å². The zero-order valence-corrected chi connectivity index (χ0v) is 12.7. The number of hydrogen-bond acceptors (Lipinski definition) is 3. The van der Waals surface area contributed by atoms with Gasteiger partial charge < -0.3 is 0 Å². The Bertz CT molecular complexity index is 902. The fourth-order valence-corrected chi connectivity index (χ4v) is 3.21. The Labute approximate surface area is 127 Å². The summed E-state index contributed by atoms with van der Waals surface area (Å²) in [6.45, 7) is 1.88. The summed E-state index contributed by atoms with van der Waals surface area (Å²) in [7, 11) is -3.63. The largest absolute Gasteiger partial charge is 0.282 e. The van der Waals surface area contributed by atoms with E-state index in [1.165, 1.54) is 12.1 Å². The highest BCUT2D eigenvalue weighted by atomic mass is 35.5. The lowest BCUT2D eigenvalue weighted by molar-refractivity contribution is 0.601. The number of nitrogens with zero attached hydrogens (tertiary/aromatic N) is 1. The molecule has 3 aromatic rings. The average Bonchev–Trinajstić information content (AvgIpc) is 2.80. The van der Waals surface area contributed by atoms with Crippen LogP contribution in [0.2, 0.25) is 5.02 Å². The van der Waals surface area contributed by atoms with E-state index in [4.69, 9.17) is 11.6 Å². The smallest absolute Gasteiger partial charge is 0.261 e. The topological polar surface area (TPSA) is 74.8 Å². The van der Waals surface area contributed by atoms with E-state index in [2.05, 4.69) is 14.9 Å². The van der Waals surface area contributed by atoms with Crippen molar-refractivity contribution < 1.29 is 8.42 Å². The Morgan fingerprint density at radius 3 is 2.57 bits per heavy atom. The van der Waals surface area contributed by atoms with Crippen molar-refractivity contribution in [2.45, 2.75) is 11.8 Å². The fourth-order valence-electron chi connectivity index (χ4n) is 2.03. The molecule has 0 bridgehead atoms. The van der Waals surface area contributed by atoms with Crippen molar-refractivity contribution in [3.8, 4) is 0 Å². The van der Waals surface area contributed by atoms with Crippen molar-refractivity contribution in [3.05, 3.63) is 53.2 Å². The second kappa shape index (κ2) is 5.05. The van der Waals surface area contributed by atoms with Gasteiger partial charge in [0.1, 0.15) is 0 Å². The number of fused-ring (bicyclic) bond motifs is 1. The van der Waals surface area contributed by atoms with Gasteiger partial charge in [-0.25, -0.2) is 8.42 Å². The van der Waals surface area contributed by atoms with Crippen LogP contribution < -0.4 is 4.72 Å². The number of aryl methyl sites for hydroxylation is 1. The third kappa shape index (κ3) is 2.72. The zero-order valence-electron chi connectivity index (χ0n) is 11.1. The number of H-pyrrole nitrogens is 1. The first kappa shape index (κ1) is 13.9. The number of aromatic nitrogens is 2. The molecule has 0 aliphatic carbocycles. The van der Waals surface area contributed by atoms with Gasteiger partial charge in [0.2, 0.25) is 0 Å². The molecule has 0 aliphatic heterocycles. The Balaban J connectivity index is 1.96. The number of aromatic amines is 1. The van der Waals surface area contributed by atoms with Gasteiger partial charge in [0.25, 0.3) is 10.0 Å². The second-order valence-electron chi connectivity index (χ2n) is 4.64. The molecule has 0 fully saturated rings. The van der Waals surface area contributed by atoms with Crippen LogP contribution in [0, 0.1) is 6.92 Å². The van der Waals surface area contributed by atoms with E-state index in [-0.39, 0.29) is 4.90 Å². The van der Waals surface area contributed by atoms with Crippen LogP contribution in [0.3, 0.4) is 0 Å². The van der Waals surface area contributed by atoms with E-state index >= 15 is 0 Å². The summed E-state index contributed by atoms with van der Waals surface area (Å²) >= 11 is 5.77. The van der Waals surface area contributed by atoms with Crippen LogP contribution in [0.4, 0.5) is 5.69 Å². The van der Waals surface area contributed by atoms with Crippen LogP contribution >= 0.6 is 11.6 Å². The fraction of sp³-hybridized carbons (Fsp3) is 0.0714. The molecule has 0 spiro atoms. The Kier molecular flexibility index (Phi) is 3.35. The summed E-state index contributed by atoms with van der Waals surface area (Å²) < 4.78 is 27.1. The first-order valence-corrected chi connectivity index (χ1v) is 8.05. The van der Waals surface area contributed by atoms with Crippen LogP contribution in [0.25, 0.3) is 10.9 Å². The van der Waals surface area contributed by atoms with Crippen LogP contribution in [-0.4, -0.2) is 18.6 Å². The van der Waals surface area contributed by atoms with E-state index in [0.717, 1.165) is 16.6 Å². The predicted octanol–water partition coefficient (Wildman–Crippen LogP) is 3.33. The van der Waals surface area contributed by atoms with Crippen molar-refractivity contribution >= 4 is 38.2 Å². The van der Waals surface area contributed by atoms with Gasteiger partial charge in [0.05, 0.1) is 10.4 Å². The van der Waals surface area contributed by atoms with E-state index < -0.39 is 10.0 Å². The van der Waals surface area contributed by atoms with Crippen molar-refractivity contribution in [2.75, 3.05) is 4.72 Å². The summed E-state index contributed by atoms with van der Waals surface area (Å²) in [5.74, 6) is 0. The highest BCUT2D eigenvalue weighted by molar-refractivity contribution is 7.92. The molecule has 0 radical (unpaired) electrons. The SMILES string of the molecule is Cc1[nH]nc2ccc(NS(=O)(=O)c3ccc(Cl)cc3)cc12. The number of hydrogen-bond donors (Lipinski definition) is 2. The lowest BCUT2D eigenvalue weighted by Crippen LogP contribution is -2.12. The van der Waals surface area contributed by atoms with Gasteiger partial charge in [-0.1, -0.05) is 11.6 Å². The quantitative estimate of drug-likeness (QED) is 0.777. The molecular formula is C14H12ClN3O2S. The second-order valence-corrected chi connectivity index (χ2v) is 6.76. The monoisotopic (exact) mass is 321 g/mol. The average molecular weight is 322 g/mol. The third-order valence-corrected chi connectivity index (χ3v) is 4.77. The van der Waals surface area contributed by atoms with Crippen LogP contribution in [0.15, 0.2) is 47.4 Å². The molecule has 0 aliphatic rings. The third-order valence-electron chi connectivity index (χ3n) is 3.12. The van der Waals surface area contributed by atoms with Crippen molar-refractivity contribution in [2.24, 2.45) is 0 Å². The maximum Gasteiger partial charge on any atom is 0.261 e. The van der Waals surface area contributed by atoms with Crippen molar-refractivity contribution in [3.63, 3.8) is 0 Å². The molecule has 0 unspecified atom stereocenters. The zero-order chi connectivity index (χ0) is 15.0. The summed E-state index contributed by atoms with van der Waals surface area (Å²) in [6.07, 6.45) is 0. The predicted molar refractivity (Wildman–Crippen MR) is 83.1 cm³/mol. The molecule has 0 saturated heterocycles. The lowest BCUT2D eigenvalue weighted by atomic mass is 10.2. The minimum absolute atomic E-state index is 0.163. The molecule has 0 atom stereocenters. The maximum absolute atomic E-state index is 12.3. The molecule has 2 N–H and O–H groups in total. The van der Waals surface area contributed by atoms with Crippen LogP contribution in [0.1, 0.15) is 5.69 Å². The van der Waals surface area contributed by atoms with Crippen LogP contribution in [0.5, 0.6) is 0 Å². The lowest BCUT2D eigenvalue weighted by Gasteiger charge is -2.08. The molecule has 21 heavy (non-hydrogen) atoms. The number of rotatable bonds is 3. The first-order chi connectivity index (χ1) is 9.95. The molecule has 5 nitrogen and oxygen atoms in total. The molecule has 1 heterocycles. The number of sulfonamides is 1. The Morgan fingerprint density at radius 1 is 1.14 bits per heavy atom. The summed E-state index contributed by atoms with van der Waals surface area (Å²) in [6, 6.07) is 11.2. The van der Waals surface area contributed by atoms with E-state index in [1.54, 1.807) is 30.3 Å². The van der Waals surface area contributed by atoms with Gasteiger partial charge in [0.15, 0.2) is 0 Å². The normalized spacial score (nSPS) is 11.7. The van der Waals surface area contributed by atoms with Gasteiger partial charge in [-0.2, -0.15) is 5.10 Å². The molecule has 1 aromatic heterocycles. The first-order valence-electron chi connectivity index (χ1n) is 6.19. The number of anilines is 1. The van der Waals surface area contributed by atoms with Gasteiger partial charge >= 0.3 is 0 Å². The number of benzene rings is 2. The maximum atomic E-state index is 12.3.